The molecule has 0 amide bonds. The van der Waals surface area contributed by atoms with Crippen LogP contribution in [0.5, 0.6) is 11.5 Å². The van der Waals surface area contributed by atoms with Gasteiger partial charge in [-0.05, 0) is 24.3 Å². The van der Waals surface area contributed by atoms with Crippen LogP contribution in [0, 0.1) is 0 Å². The van der Waals surface area contributed by atoms with E-state index in [2.05, 4.69) is 4.74 Å². The van der Waals surface area contributed by atoms with Gasteiger partial charge < -0.3 is 38.1 Å². The number of carboxylic acid groups (broad SMARTS) is 1. The molecule has 0 radical (unpaired) electrons. The van der Waals surface area contributed by atoms with Gasteiger partial charge in [0.2, 0.25) is 5.76 Å². The first-order chi connectivity index (χ1) is 16.8. The number of benzene rings is 2. The van der Waals surface area contributed by atoms with E-state index >= 15 is 0 Å². The van der Waals surface area contributed by atoms with Crippen LogP contribution in [0.4, 0.5) is 0 Å². The number of ether oxygens (including phenoxy) is 3. The zero-order valence-electron chi connectivity index (χ0n) is 19.1. The molecule has 0 saturated heterocycles. The molecule has 0 saturated carbocycles. The Balaban J connectivity index is 0.00000361. The van der Waals surface area contributed by atoms with Crippen LogP contribution in [0.3, 0.4) is 0 Å². The second-order valence-electron chi connectivity index (χ2n) is 7.26. The van der Waals surface area contributed by atoms with E-state index in [9.17, 15) is 29.4 Å². The van der Waals surface area contributed by atoms with E-state index in [-0.39, 0.29) is 82.0 Å². The Bertz CT molecular complexity index is 1550. The van der Waals surface area contributed by atoms with Crippen molar-refractivity contribution in [1.82, 2.24) is 0 Å². The zero-order chi connectivity index (χ0) is 25.1. The van der Waals surface area contributed by atoms with Crippen LogP contribution in [0.15, 0.2) is 67.0 Å². The molecule has 12 heteroatoms. The predicted octanol–water partition coefficient (Wildman–Crippen LogP) is -2.13. The quantitative estimate of drug-likeness (QED) is 0.206. The van der Waals surface area contributed by atoms with Crippen LogP contribution >= 0.6 is 0 Å². The van der Waals surface area contributed by atoms with E-state index in [1.165, 1.54) is 30.3 Å². The molecule has 1 N–H and O–H groups in total. The summed E-state index contributed by atoms with van der Waals surface area (Å²) in [6, 6.07) is 10.6. The number of aliphatic hydroxyl groups excluding tert-OH is 1. The van der Waals surface area contributed by atoms with Gasteiger partial charge in [0, 0.05) is 12.1 Å². The van der Waals surface area contributed by atoms with E-state index in [1.807, 2.05) is 0 Å². The summed E-state index contributed by atoms with van der Waals surface area (Å²) >= 11 is 0. The van der Waals surface area contributed by atoms with Crippen LogP contribution in [-0.4, -0.2) is 43.5 Å². The average molecular weight is 504 g/mol. The Hall–Kier alpha value is -3.64. The van der Waals surface area contributed by atoms with Crippen molar-refractivity contribution < 1.29 is 72.4 Å². The number of rotatable bonds is 8. The number of hydrogen-bond donors (Lipinski definition) is 1. The fourth-order valence-corrected chi connectivity index (χ4v) is 3.32. The number of carbonyl (C=O) groups excluding carboxylic acids is 2. The molecular formula is C24H17NaO11. The monoisotopic (exact) mass is 504 g/mol. The molecule has 180 valence electrons. The van der Waals surface area contributed by atoms with Crippen molar-refractivity contribution in [3.63, 3.8) is 0 Å². The maximum absolute atomic E-state index is 12.5. The van der Waals surface area contributed by atoms with E-state index < -0.39 is 34.7 Å². The largest absolute Gasteiger partial charge is 1.00 e. The summed E-state index contributed by atoms with van der Waals surface area (Å²) in [6.45, 7) is -0.585. The van der Waals surface area contributed by atoms with Crippen LogP contribution in [0.25, 0.3) is 21.9 Å². The van der Waals surface area contributed by atoms with Crippen molar-refractivity contribution in [1.29, 1.82) is 0 Å². The van der Waals surface area contributed by atoms with Gasteiger partial charge in [-0.1, -0.05) is 12.1 Å². The van der Waals surface area contributed by atoms with Crippen molar-refractivity contribution in [2.24, 2.45) is 0 Å². The number of hydrogen-bond acceptors (Lipinski definition) is 11. The minimum Gasteiger partial charge on any atom is -0.542 e. The molecule has 0 aliphatic rings. The first-order valence-corrected chi connectivity index (χ1v) is 10.2. The molecule has 0 bridgehead atoms. The average Bonchev–Trinajstić information content (AvgIpc) is 2.85. The van der Waals surface area contributed by atoms with Crippen molar-refractivity contribution >= 4 is 33.9 Å². The molecule has 2 aromatic heterocycles. The van der Waals surface area contributed by atoms with Gasteiger partial charge in [-0.2, -0.15) is 0 Å². The molecule has 1 atom stereocenters. The zero-order valence-corrected chi connectivity index (χ0v) is 21.1. The number of fused-ring (bicyclic) bond motifs is 2. The first kappa shape index (κ1) is 27.0. The fraction of sp³-hybridized carbons (Fsp3) is 0.167. The summed E-state index contributed by atoms with van der Waals surface area (Å²) < 4.78 is 26.2. The molecule has 11 nitrogen and oxygen atoms in total. The SMILES string of the molecule is COC(=O)c1cc(=O)c2c(OCC(O)COc3cccc4oc(C(=O)[O-])cc(=O)c34)cccc2o1.[Na+]. The summed E-state index contributed by atoms with van der Waals surface area (Å²) in [6.07, 6.45) is -1.18. The number of aliphatic hydroxyl groups is 1. The molecule has 0 aliphatic carbocycles. The summed E-state index contributed by atoms with van der Waals surface area (Å²) in [5, 5.41) is 21.4. The predicted molar refractivity (Wildman–Crippen MR) is 118 cm³/mol. The van der Waals surface area contributed by atoms with Gasteiger partial charge in [-0.3, -0.25) is 9.59 Å². The summed E-state index contributed by atoms with van der Waals surface area (Å²) in [5.41, 5.74) is -1.11. The Morgan fingerprint density at radius 2 is 1.36 bits per heavy atom. The summed E-state index contributed by atoms with van der Waals surface area (Å²) in [5.74, 6) is -3.13. The summed E-state index contributed by atoms with van der Waals surface area (Å²) in [4.78, 5) is 47.5. The molecule has 0 aliphatic heterocycles. The van der Waals surface area contributed by atoms with Crippen LogP contribution in [0.1, 0.15) is 21.1 Å². The second kappa shape index (κ2) is 11.4. The number of carbonyl (C=O) groups is 2. The molecule has 4 aromatic rings. The third-order valence-electron chi connectivity index (χ3n) is 4.88. The van der Waals surface area contributed by atoms with E-state index in [1.54, 1.807) is 6.07 Å². The van der Waals surface area contributed by atoms with E-state index in [0.29, 0.717) is 0 Å². The molecule has 4 rings (SSSR count). The number of aromatic carboxylic acids is 1. The maximum Gasteiger partial charge on any atom is 1.00 e. The van der Waals surface area contributed by atoms with Crippen molar-refractivity contribution in [2.75, 3.05) is 20.3 Å². The molecule has 0 spiro atoms. The fourth-order valence-electron chi connectivity index (χ4n) is 3.32. The standard InChI is InChI=1S/C24H18O11.Na/c1-31-24(30)20-9-14(27)22-16(5-3-7-18(22)35-20)33-11-12(25)10-32-15-4-2-6-17-21(15)13(26)8-19(34-17)23(28)29;/h2-9,12,25H,10-11H2,1H3,(H,28,29);/q;+1/p-1. The molecule has 0 fully saturated rings. The number of esters is 1. The van der Waals surface area contributed by atoms with E-state index in [0.717, 1.165) is 19.2 Å². The Kier molecular flexibility index (Phi) is 8.53. The molecule has 2 heterocycles. The van der Waals surface area contributed by atoms with Gasteiger partial charge in [0.15, 0.2) is 16.6 Å². The molecule has 36 heavy (non-hydrogen) atoms. The number of carboxylic acids is 1. The second-order valence-corrected chi connectivity index (χ2v) is 7.26. The van der Waals surface area contributed by atoms with Crippen LogP contribution in [-0.2, 0) is 4.74 Å². The minimum absolute atomic E-state index is 0. The molecule has 2 aromatic carbocycles. The van der Waals surface area contributed by atoms with Crippen LogP contribution in [0.2, 0.25) is 0 Å². The van der Waals surface area contributed by atoms with Crippen molar-refractivity contribution in [3.8, 4) is 11.5 Å². The minimum atomic E-state index is -1.63. The topological polar surface area (TPSA) is 166 Å². The third kappa shape index (κ3) is 5.60. The van der Waals surface area contributed by atoms with E-state index in [4.69, 9.17) is 18.3 Å². The normalized spacial score (nSPS) is 11.5. The van der Waals surface area contributed by atoms with Gasteiger partial charge in [0.1, 0.15) is 58.7 Å². The van der Waals surface area contributed by atoms with Crippen molar-refractivity contribution in [3.05, 3.63) is 80.5 Å². The Labute approximate surface area is 224 Å². The smallest absolute Gasteiger partial charge is 0.542 e. The first-order valence-electron chi connectivity index (χ1n) is 10.2. The van der Waals surface area contributed by atoms with Gasteiger partial charge in [0.05, 0.1) is 7.11 Å². The molecular weight excluding hydrogens is 487 g/mol. The number of methoxy groups -OCH3 is 1. The van der Waals surface area contributed by atoms with Crippen LogP contribution < -0.4 is 55.0 Å². The van der Waals surface area contributed by atoms with Crippen molar-refractivity contribution in [2.45, 2.75) is 6.10 Å². The third-order valence-corrected chi connectivity index (χ3v) is 4.88. The maximum atomic E-state index is 12.5. The molecule has 1 unspecified atom stereocenters. The van der Waals surface area contributed by atoms with Gasteiger partial charge in [0.25, 0.3) is 0 Å². The van der Waals surface area contributed by atoms with Gasteiger partial charge in [-0.15, -0.1) is 0 Å². The Morgan fingerprint density at radius 3 is 1.83 bits per heavy atom. The van der Waals surface area contributed by atoms with Gasteiger partial charge >= 0.3 is 35.5 Å². The van der Waals surface area contributed by atoms with Gasteiger partial charge in [-0.25, -0.2) is 4.79 Å². The Morgan fingerprint density at radius 1 is 0.889 bits per heavy atom. The summed E-state index contributed by atoms with van der Waals surface area (Å²) in [7, 11) is 1.16.